The number of fused-ring (bicyclic) bond motifs is 1. The monoisotopic (exact) mass is 380 g/mol. The molecule has 3 amide bonds. The Morgan fingerprint density at radius 1 is 1.11 bits per heavy atom. The van der Waals surface area contributed by atoms with E-state index in [1.807, 2.05) is 19.1 Å². The Kier molecular flexibility index (Phi) is 4.30. The van der Waals surface area contributed by atoms with E-state index in [9.17, 15) is 14.4 Å². The summed E-state index contributed by atoms with van der Waals surface area (Å²) in [5.41, 5.74) is 0.874. The highest BCUT2D eigenvalue weighted by Crippen LogP contribution is 2.37. The zero-order valence-corrected chi connectivity index (χ0v) is 15.7. The molecule has 144 valence electrons. The number of benzene rings is 2. The topological polar surface area (TPSA) is 84.9 Å². The van der Waals surface area contributed by atoms with Gasteiger partial charge in [-0.05, 0) is 36.6 Å². The van der Waals surface area contributed by atoms with Crippen LogP contribution >= 0.6 is 0 Å². The molecule has 1 atom stereocenters. The summed E-state index contributed by atoms with van der Waals surface area (Å²) in [6.07, 6.45) is 0.870. The van der Waals surface area contributed by atoms with Gasteiger partial charge >= 0.3 is 6.03 Å². The largest absolute Gasteiger partial charge is 0.454 e. The molecule has 2 aliphatic heterocycles. The van der Waals surface area contributed by atoms with Crippen LogP contribution in [-0.2, 0) is 16.8 Å². The first kappa shape index (κ1) is 18.0. The van der Waals surface area contributed by atoms with Crippen molar-refractivity contribution < 1.29 is 23.9 Å². The van der Waals surface area contributed by atoms with Crippen LogP contribution in [-0.4, -0.2) is 36.0 Å². The summed E-state index contributed by atoms with van der Waals surface area (Å²) < 4.78 is 10.6. The molecule has 7 nitrogen and oxygen atoms in total. The highest BCUT2D eigenvalue weighted by molar-refractivity contribution is 6.11. The van der Waals surface area contributed by atoms with E-state index in [1.165, 1.54) is 0 Å². The second-order valence-corrected chi connectivity index (χ2v) is 6.99. The van der Waals surface area contributed by atoms with Crippen LogP contribution in [0.3, 0.4) is 0 Å². The minimum absolute atomic E-state index is 0.118. The molecule has 2 heterocycles. The number of ketones is 1. The van der Waals surface area contributed by atoms with Crippen LogP contribution in [0.1, 0.15) is 35.3 Å². The van der Waals surface area contributed by atoms with Gasteiger partial charge in [0.25, 0.3) is 5.91 Å². The number of aryl methyl sites for hydroxylation is 1. The lowest BCUT2D eigenvalue weighted by atomic mass is 9.91. The standard InChI is InChI=1S/C21H20N2O5/c1-3-13-4-6-14(7-5-13)16(24)11-23-19(25)21(2,22-20(23)26)15-8-9-17-18(10-15)28-12-27-17/h4-10H,3,11-12H2,1-2H3,(H,22,26)/t21-/m1/s1. The summed E-state index contributed by atoms with van der Waals surface area (Å²) in [5.74, 6) is 0.342. The third-order valence-corrected chi connectivity index (χ3v) is 5.21. The molecule has 0 spiro atoms. The third-order valence-electron chi connectivity index (χ3n) is 5.21. The molecule has 2 aromatic carbocycles. The Labute approximate surface area is 162 Å². The van der Waals surface area contributed by atoms with Gasteiger partial charge in [0.15, 0.2) is 17.3 Å². The number of ether oxygens (including phenoxy) is 2. The molecule has 2 aliphatic rings. The number of urea groups is 1. The Balaban J connectivity index is 1.55. The number of Topliss-reactive ketones (excluding diaryl/α,β-unsaturated/α-hetero) is 1. The zero-order valence-electron chi connectivity index (χ0n) is 15.7. The summed E-state index contributed by atoms with van der Waals surface area (Å²) >= 11 is 0. The number of carbonyl (C=O) groups excluding carboxylic acids is 3. The van der Waals surface area contributed by atoms with Gasteiger partial charge in [0.05, 0.1) is 6.54 Å². The van der Waals surface area contributed by atoms with E-state index in [2.05, 4.69) is 5.32 Å². The minimum Gasteiger partial charge on any atom is -0.454 e. The van der Waals surface area contributed by atoms with Crippen LogP contribution in [0, 0.1) is 0 Å². The van der Waals surface area contributed by atoms with Gasteiger partial charge in [-0.25, -0.2) is 4.79 Å². The van der Waals surface area contributed by atoms with E-state index < -0.39 is 17.5 Å². The maximum absolute atomic E-state index is 13.0. The molecule has 1 fully saturated rings. The predicted molar refractivity (Wildman–Crippen MR) is 100 cm³/mol. The number of nitrogens with zero attached hydrogens (tertiary/aromatic N) is 1. The molecule has 0 saturated carbocycles. The van der Waals surface area contributed by atoms with Crippen molar-refractivity contribution >= 4 is 17.7 Å². The molecule has 4 rings (SSSR count). The highest BCUT2D eigenvalue weighted by Gasteiger charge is 2.49. The van der Waals surface area contributed by atoms with Crippen molar-refractivity contribution in [1.82, 2.24) is 10.2 Å². The van der Waals surface area contributed by atoms with Gasteiger partial charge in [-0.15, -0.1) is 0 Å². The Hall–Kier alpha value is -3.35. The van der Waals surface area contributed by atoms with Crippen LogP contribution < -0.4 is 14.8 Å². The normalized spacial score (nSPS) is 20.4. The van der Waals surface area contributed by atoms with Crippen LogP contribution in [0.4, 0.5) is 4.79 Å². The average molecular weight is 380 g/mol. The summed E-state index contributed by atoms with van der Waals surface area (Å²) in [6.45, 7) is 3.45. The SMILES string of the molecule is CCc1ccc(C(=O)CN2C(=O)N[C@](C)(c3ccc4c(c3)OCO4)C2=O)cc1. The van der Waals surface area contributed by atoms with Gasteiger partial charge < -0.3 is 14.8 Å². The molecule has 0 bridgehead atoms. The van der Waals surface area contributed by atoms with Gasteiger partial charge in [0.1, 0.15) is 5.54 Å². The van der Waals surface area contributed by atoms with E-state index in [-0.39, 0.29) is 19.1 Å². The summed E-state index contributed by atoms with van der Waals surface area (Å²) in [6, 6.07) is 11.7. The molecule has 0 radical (unpaired) electrons. The molecular formula is C21H20N2O5. The maximum atomic E-state index is 13.0. The van der Waals surface area contributed by atoms with Gasteiger partial charge in [0, 0.05) is 5.56 Å². The van der Waals surface area contributed by atoms with Crippen molar-refractivity contribution in [2.75, 3.05) is 13.3 Å². The first-order chi connectivity index (χ1) is 13.4. The quantitative estimate of drug-likeness (QED) is 0.637. The second kappa shape index (κ2) is 6.67. The number of hydrogen-bond acceptors (Lipinski definition) is 5. The van der Waals surface area contributed by atoms with E-state index in [1.54, 1.807) is 37.3 Å². The molecule has 7 heteroatoms. The fourth-order valence-corrected chi connectivity index (χ4v) is 3.40. The molecule has 0 aliphatic carbocycles. The molecule has 1 N–H and O–H groups in total. The highest BCUT2D eigenvalue weighted by atomic mass is 16.7. The first-order valence-electron chi connectivity index (χ1n) is 9.09. The van der Waals surface area contributed by atoms with Crippen molar-refractivity contribution in [2.24, 2.45) is 0 Å². The van der Waals surface area contributed by atoms with Crippen LogP contribution in [0.15, 0.2) is 42.5 Å². The number of carbonyl (C=O) groups is 3. The Morgan fingerprint density at radius 2 is 1.82 bits per heavy atom. The molecule has 1 saturated heterocycles. The molecule has 0 aromatic heterocycles. The summed E-state index contributed by atoms with van der Waals surface area (Å²) in [4.78, 5) is 39.0. The van der Waals surface area contributed by atoms with Crippen molar-refractivity contribution in [3.8, 4) is 11.5 Å². The number of rotatable bonds is 5. The van der Waals surface area contributed by atoms with Gasteiger partial charge in [-0.1, -0.05) is 37.3 Å². The van der Waals surface area contributed by atoms with Gasteiger partial charge in [0.2, 0.25) is 6.79 Å². The lowest BCUT2D eigenvalue weighted by molar-refractivity contribution is -0.130. The van der Waals surface area contributed by atoms with Gasteiger partial charge in [-0.2, -0.15) is 0 Å². The van der Waals surface area contributed by atoms with Crippen molar-refractivity contribution in [3.63, 3.8) is 0 Å². The lowest BCUT2D eigenvalue weighted by Crippen LogP contribution is -2.41. The zero-order chi connectivity index (χ0) is 19.9. The molecular weight excluding hydrogens is 360 g/mol. The van der Waals surface area contributed by atoms with E-state index in [0.717, 1.165) is 16.9 Å². The summed E-state index contributed by atoms with van der Waals surface area (Å²) in [7, 11) is 0. The number of nitrogens with one attached hydrogen (secondary N) is 1. The van der Waals surface area contributed by atoms with Crippen molar-refractivity contribution in [3.05, 3.63) is 59.2 Å². The van der Waals surface area contributed by atoms with Gasteiger partial charge in [-0.3, -0.25) is 14.5 Å². The molecule has 28 heavy (non-hydrogen) atoms. The average Bonchev–Trinajstić information content (AvgIpc) is 3.26. The van der Waals surface area contributed by atoms with Crippen LogP contribution in [0.2, 0.25) is 0 Å². The fraction of sp³-hybridized carbons (Fsp3) is 0.286. The first-order valence-corrected chi connectivity index (χ1v) is 9.09. The van der Waals surface area contributed by atoms with Crippen LogP contribution in [0.5, 0.6) is 11.5 Å². The Bertz CT molecular complexity index is 969. The Morgan fingerprint density at radius 3 is 2.54 bits per heavy atom. The second-order valence-electron chi connectivity index (χ2n) is 6.99. The smallest absolute Gasteiger partial charge is 0.325 e. The van der Waals surface area contributed by atoms with Crippen molar-refractivity contribution in [2.45, 2.75) is 25.8 Å². The predicted octanol–water partition coefficient (Wildman–Crippen LogP) is 2.63. The number of imide groups is 1. The minimum atomic E-state index is -1.27. The van der Waals surface area contributed by atoms with Crippen LogP contribution in [0.25, 0.3) is 0 Å². The van der Waals surface area contributed by atoms with E-state index in [0.29, 0.717) is 22.6 Å². The number of hydrogen-bond donors (Lipinski definition) is 1. The maximum Gasteiger partial charge on any atom is 0.325 e. The van der Waals surface area contributed by atoms with E-state index >= 15 is 0 Å². The van der Waals surface area contributed by atoms with E-state index in [4.69, 9.17) is 9.47 Å². The summed E-state index contributed by atoms with van der Waals surface area (Å²) in [5, 5.41) is 2.70. The third kappa shape index (κ3) is 2.89. The van der Waals surface area contributed by atoms with Crippen molar-refractivity contribution in [1.29, 1.82) is 0 Å². The lowest BCUT2D eigenvalue weighted by Gasteiger charge is -2.22. The fourth-order valence-electron chi connectivity index (χ4n) is 3.40. The number of amides is 3. The molecule has 0 unspecified atom stereocenters. The molecule has 2 aromatic rings.